The van der Waals surface area contributed by atoms with Crippen molar-refractivity contribution in [3.63, 3.8) is 0 Å². The fraction of sp³-hybridized carbons (Fsp3) is 0.349. The van der Waals surface area contributed by atoms with Gasteiger partial charge >= 0.3 is 41.9 Å². The third-order valence-corrected chi connectivity index (χ3v) is 14.6. The number of pyridine rings is 3. The highest BCUT2D eigenvalue weighted by molar-refractivity contribution is 6.00. The van der Waals surface area contributed by atoms with Crippen LogP contribution in [0.4, 0.5) is 71.6 Å². The van der Waals surface area contributed by atoms with Crippen LogP contribution in [0.5, 0.6) is 0 Å². The molecule has 96 heavy (non-hydrogen) atoms. The van der Waals surface area contributed by atoms with Crippen LogP contribution in [0.1, 0.15) is 70.7 Å². The molecular formula is C63H71F6N19O8. The van der Waals surface area contributed by atoms with E-state index >= 15 is 0 Å². The first kappa shape index (κ1) is 72.3. The van der Waals surface area contributed by atoms with E-state index < -0.39 is 34.4 Å². The molecule has 3 aliphatic heterocycles. The number of anilines is 5. The van der Waals surface area contributed by atoms with Crippen LogP contribution in [0.2, 0.25) is 0 Å². The lowest BCUT2D eigenvalue weighted by atomic mass is 10.2. The molecule has 3 saturated heterocycles. The highest BCUT2D eigenvalue weighted by atomic mass is 19.4. The lowest BCUT2D eigenvalue weighted by Gasteiger charge is -2.35. The normalized spacial score (nSPS) is 13.7. The number of nitro groups is 1. The van der Waals surface area contributed by atoms with Gasteiger partial charge in [-0.05, 0) is 123 Å². The Balaban J connectivity index is 0.000000183. The monoisotopic (exact) mass is 1340 g/mol. The molecule has 9 heterocycles. The van der Waals surface area contributed by atoms with Gasteiger partial charge in [0.2, 0.25) is 17.7 Å². The summed E-state index contributed by atoms with van der Waals surface area (Å²) in [6.45, 7) is 18.4. The number of imidazole rings is 3. The number of rotatable bonds is 14. The number of urea groups is 1. The molecule has 0 bridgehead atoms. The molecule has 0 atom stereocenters. The molecule has 6 aromatic heterocycles. The average molecular weight is 1340 g/mol. The van der Waals surface area contributed by atoms with E-state index in [0.717, 1.165) is 98.7 Å². The third-order valence-electron chi connectivity index (χ3n) is 14.6. The summed E-state index contributed by atoms with van der Waals surface area (Å²) in [5.41, 5.74) is -1.23. The Kier molecular flexibility index (Phi) is 26.6. The fourth-order valence-electron chi connectivity index (χ4n) is 9.61. The van der Waals surface area contributed by atoms with Crippen molar-refractivity contribution in [3.05, 3.63) is 185 Å². The number of carbonyl (C=O) groups is 4. The zero-order valence-corrected chi connectivity index (χ0v) is 52.9. The number of isocyanates is 1. The van der Waals surface area contributed by atoms with Gasteiger partial charge in [0, 0.05) is 141 Å². The molecule has 0 saturated carbocycles. The molecule has 508 valence electrons. The Labute approximate surface area is 547 Å². The number of piperazine rings is 3. The van der Waals surface area contributed by atoms with Gasteiger partial charge in [-0.15, -0.1) is 0 Å². The van der Waals surface area contributed by atoms with E-state index in [1.807, 2.05) is 75.5 Å². The molecule has 0 radical (unpaired) electrons. The molecule has 3 aliphatic rings. The first-order valence-corrected chi connectivity index (χ1v) is 30.4. The Hall–Kier alpha value is -11.1. The van der Waals surface area contributed by atoms with Crippen LogP contribution in [0, 0.1) is 10.1 Å². The molecule has 4 amide bonds. The topological polar surface area (TPSA) is 294 Å². The van der Waals surface area contributed by atoms with Gasteiger partial charge in [0.1, 0.15) is 23.7 Å². The second kappa shape index (κ2) is 35.3. The molecule has 33 heteroatoms. The summed E-state index contributed by atoms with van der Waals surface area (Å²) in [7, 11) is 0. The average Bonchev–Trinajstić information content (AvgIpc) is 1.65. The number of hydrogen-bond acceptors (Lipinski definition) is 19. The van der Waals surface area contributed by atoms with Crippen molar-refractivity contribution in [2.75, 3.05) is 110 Å². The smallest absolute Gasteiger partial charge is 0.416 e. The molecule has 8 aromatic rings. The molecule has 0 spiro atoms. The zero-order chi connectivity index (χ0) is 69.2. The molecule has 27 nitrogen and oxygen atoms in total. The molecule has 0 unspecified atom stereocenters. The quantitative estimate of drug-likeness (QED) is 0.0228. The van der Waals surface area contributed by atoms with Gasteiger partial charge in [-0.3, -0.25) is 19.5 Å². The SMILES string of the molecule is CCOC(=O)c1nccn1CC.CCn1cc(NC(=O)Nc2ccc(C(F)(F)F)cc2)nc1C(=O)N1CCN(c2ccccn2)CC1.CCn1cc([N+](=O)[O-])nc1C(=O)N1CCN(c2ccccn2)CC1.O=C=Nc1ccc(C(F)(F)F)cc1.c1ccc(N2CCNCC2)nc1. The largest absolute Gasteiger partial charge is 0.460 e. The van der Waals surface area contributed by atoms with E-state index in [0.29, 0.717) is 77.9 Å². The van der Waals surface area contributed by atoms with Crippen LogP contribution in [-0.4, -0.2) is 173 Å². The molecular weight excluding hydrogens is 1260 g/mol. The summed E-state index contributed by atoms with van der Waals surface area (Å²) in [5.74, 6) is 2.52. The van der Waals surface area contributed by atoms with E-state index in [2.05, 4.69) is 71.6 Å². The van der Waals surface area contributed by atoms with Gasteiger partial charge in [0.05, 0.1) is 23.4 Å². The lowest BCUT2D eigenvalue weighted by Crippen LogP contribution is -2.49. The number of esters is 1. The van der Waals surface area contributed by atoms with Crippen LogP contribution in [0.3, 0.4) is 0 Å². The number of nitrogens with zero attached hydrogens (tertiary/aromatic N) is 16. The van der Waals surface area contributed by atoms with Crippen LogP contribution in [0.25, 0.3) is 0 Å². The summed E-state index contributed by atoms with van der Waals surface area (Å²) in [6, 6.07) is 24.8. The number of nitrogens with one attached hydrogen (secondary N) is 3. The summed E-state index contributed by atoms with van der Waals surface area (Å²) >= 11 is 0. The Morgan fingerprint density at radius 1 is 0.573 bits per heavy atom. The van der Waals surface area contributed by atoms with E-state index in [9.17, 15) is 60.4 Å². The molecule has 11 rings (SSSR count). The molecule has 2 aromatic carbocycles. The number of aliphatic imine (C=N–C) groups is 1. The van der Waals surface area contributed by atoms with Crippen molar-refractivity contribution in [2.24, 2.45) is 4.99 Å². The van der Waals surface area contributed by atoms with Gasteiger partial charge in [-0.1, -0.05) is 18.2 Å². The molecule has 0 aliphatic carbocycles. The van der Waals surface area contributed by atoms with E-state index in [-0.39, 0.29) is 52.4 Å². The second-order valence-electron chi connectivity index (χ2n) is 20.7. The van der Waals surface area contributed by atoms with Gasteiger partial charge in [-0.25, -0.2) is 39.3 Å². The van der Waals surface area contributed by atoms with Crippen molar-refractivity contribution < 1.29 is 60.0 Å². The minimum atomic E-state index is -4.46. The summed E-state index contributed by atoms with van der Waals surface area (Å²) in [4.78, 5) is 107. The second-order valence-corrected chi connectivity index (χ2v) is 20.7. The highest BCUT2D eigenvalue weighted by Crippen LogP contribution is 2.31. The van der Waals surface area contributed by atoms with Gasteiger partial charge < -0.3 is 59.1 Å². The summed E-state index contributed by atoms with van der Waals surface area (Å²) in [6.07, 6.45) is 3.93. The van der Waals surface area contributed by atoms with Crippen molar-refractivity contribution in [1.82, 2.24) is 58.7 Å². The number of hydrogen-bond donors (Lipinski definition) is 3. The van der Waals surface area contributed by atoms with Gasteiger partial charge in [0.25, 0.3) is 5.91 Å². The lowest BCUT2D eigenvalue weighted by molar-refractivity contribution is -0.389. The van der Waals surface area contributed by atoms with Gasteiger partial charge in [-0.2, -0.15) is 31.3 Å². The number of amides is 4. The minimum absolute atomic E-state index is 0.121. The van der Waals surface area contributed by atoms with Crippen molar-refractivity contribution in [2.45, 2.75) is 59.7 Å². The minimum Gasteiger partial charge on any atom is -0.460 e. The van der Waals surface area contributed by atoms with Crippen molar-refractivity contribution in [3.8, 4) is 0 Å². The maximum absolute atomic E-state index is 13.1. The van der Waals surface area contributed by atoms with E-state index in [1.54, 1.807) is 56.8 Å². The Morgan fingerprint density at radius 2 is 1.03 bits per heavy atom. The number of alkyl halides is 6. The third kappa shape index (κ3) is 21.0. The first-order valence-electron chi connectivity index (χ1n) is 30.4. The van der Waals surface area contributed by atoms with Crippen LogP contribution < -0.4 is 30.7 Å². The van der Waals surface area contributed by atoms with E-state index in [4.69, 9.17) is 4.74 Å². The standard InChI is InChI=1S/C23H24F3N7O2.C15H18N6O3.C9H13N3.C8H4F3NO.C8H12N2O2/c1-2-31-15-18(30-22(35)28-17-8-6-16(7-9-17)23(24,25)26)29-20(31)21(34)33-13-11-32(12-14-33)19-5-3-4-10-27-19;1-2-18-11-13(21(23)24)17-14(18)15(22)20-9-7-19(8-10-20)12-5-3-4-6-16-12;1-2-4-11-9(3-1)12-7-5-10-6-8-12;9-8(10,11)6-1-3-7(4-2-6)12-5-13;1-3-10-6-5-9-7(10)8(11)12-4-2/h3-10,15H,2,11-14H2,1H3,(H2,28,30,35);3-6,11H,2,7-10H2,1H3;1-4,10H,5-8H2;1-4H;5-6H,3-4H2,1-2H3. The number of ether oxygens (including phenoxy) is 1. The maximum atomic E-state index is 13.1. The van der Waals surface area contributed by atoms with Crippen LogP contribution in [0.15, 0.2) is 151 Å². The number of halogens is 6. The summed E-state index contributed by atoms with van der Waals surface area (Å²) in [5, 5.41) is 19.2. The maximum Gasteiger partial charge on any atom is 0.416 e. The predicted octanol–water partition coefficient (Wildman–Crippen LogP) is 9.34. The number of aromatic nitrogens is 9. The van der Waals surface area contributed by atoms with Gasteiger partial charge in [0.15, 0.2) is 5.82 Å². The van der Waals surface area contributed by atoms with Crippen molar-refractivity contribution >= 4 is 70.4 Å². The highest BCUT2D eigenvalue weighted by Gasteiger charge is 2.33. The van der Waals surface area contributed by atoms with Crippen LogP contribution in [-0.2, 0) is 41.5 Å². The number of benzene rings is 2. The number of carbonyl (C=O) groups excluding carboxylic acids is 5. The Bertz CT molecular complexity index is 3810. The van der Waals surface area contributed by atoms with Crippen LogP contribution >= 0.6 is 0 Å². The predicted molar refractivity (Wildman–Crippen MR) is 344 cm³/mol. The van der Waals surface area contributed by atoms with E-state index in [1.165, 1.54) is 16.8 Å². The number of aryl methyl sites for hydroxylation is 3. The Morgan fingerprint density at radius 3 is 1.46 bits per heavy atom. The molecule has 3 fully saturated rings. The van der Waals surface area contributed by atoms with Crippen molar-refractivity contribution in [1.29, 1.82) is 0 Å². The first-order chi connectivity index (χ1) is 46.1. The zero-order valence-electron chi connectivity index (χ0n) is 52.9. The summed E-state index contributed by atoms with van der Waals surface area (Å²) < 4.78 is 83.8. The fourth-order valence-corrected chi connectivity index (χ4v) is 9.61. The molecule has 3 N–H and O–H groups in total.